The Morgan fingerprint density at radius 1 is 1.00 bits per heavy atom. The van der Waals surface area contributed by atoms with Gasteiger partial charge in [-0.15, -0.1) is 0 Å². The molecule has 1 aliphatic carbocycles. The third-order valence-electron chi connectivity index (χ3n) is 5.70. The van der Waals surface area contributed by atoms with Crippen LogP contribution in [-0.4, -0.2) is 54.5 Å². The molecule has 2 aliphatic heterocycles. The highest BCUT2D eigenvalue weighted by atomic mass is 16.2. The van der Waals surface area contributed by atoms with Gasteiger partial charge in [0.1, 0.15) is 0 Å². The molecule has 3 fully saturated rings. The Morgan fingerprint density at radius 2 is 1.75 bits per heavy atom. The summed E-state index contributed by atoms with van der Waals surface area (Å²) in [4.78, 5) is 17.2. The van der Waals surface area contributed by atoms with Crippen LogP contribution in [-0.2, 0) is 4.79 Å². The van der Waals surface area contributed by atoms with Gasteiger partial charge in [-0.2, -0.15) is 0 Å². The first kappa shape index (κ1) is 14.3. The second-order valence-electron chi connectivity index (χ2n) is 7.00. The molecule has 4 heteroatoms. The van der Waals surface area contributed by atoms with Crippen molar-refractivity contribution in [2.24, 2.45) is 17.6 Å². The van der Waals surface area contributed by atoms with Gasteiger partial charge in [-0.05, 0) is 63.5 Å². The van der Waals surface area contributed by atoms with Crippen molar-refractivity contribution in [3.8, 4) is 0 Å². The maximum absolute atomic E-state index is 12.5. The second kappa shape index (κ2) is 6.44. The van der Waals surface area contributed by atoms with E-state index < -0.39 is 0 Å². The predicted octanol–water partition coefficient (Wildman–Crippen LogP) is 1.45. The lowest BCUT2D eigenvalue weighted by Gasteiger charge is -2.38. The first-order valence-electron chi connectivity index (χ1n) is 8.48. The van der Waals surface area contributed by atoms with E-state index in [0.717, 1.165) is 32.6 Å². The van der Waals surface area contributed by atoms with Crippen LogP contribution in [0.5, 0.6) is 0 Å². The van der Waals surface area contributed by atoms with Crippen LogP contribution in [0.4, 0.5) is 0 Å². The molecule has 3 aliphatic rings. The molecule has 0 aromatic heterocycles. The van der Waals surface area contributed by atoms with Gasteiger partial charge in [-0.3, -0.25) is 9.69 Å². The highest BCUT2D eigenvalue weighted by Gasteiger charge is 2.33. The summed E-state index contributed by atoms with van der Waals surface area (Å²) in [5.41, 5.74) is 5.74. The van der Waals surface area contributed by atoms with Crippen LogP contribution in [0, 0.1) is 11.8 Å². The molecule has 1 unspecified atom stereocenters. The van der Waals surface area contributed by atoms with Crippen molar-refractivity contribution < 1.29 is 4.79 Å². The standard InChI is InChI=1S/C16H29N3O/c17-11-14-5-3-13(4-6-14)10-16(20)19-9-8-18-7-1-2-15(18)12-19/h13-15H,1-12,17H2. The zero-order valence-corrected chi connectivity index (χ0v) is 12.6. The molecule has 4 nitrogen and oxygen atoms in total. The number of fused-ring (bicyclic) bond motifs is 1. The number of amides is 1. The Bertz CT molecular complexity index is 339. The van der Waals surface area contributed by atoms with Crippen LogP contribution in [0.15, 0.2) is 0 Å². The molecular weight excluding hydrogens is 250 g/mol. The molecule has 3 rings (SSSR count). The Morgan fingerprint density at radius 3 is 2.50 bits per heavy atom. The maximum atomic E-state index is 12.5. The highest BCUT2D eigenvalue weighted by molar-refractivity contribution is 5.76. The molecule has 0 aromatic rings. The Labute approximate surface area is 122 Å². The van der Waals surface area contributed by atoms with Crippen molar-refractivity contribution >= 4 is 5.91 Å². The van der Waals surface area contributed by atoms with Crippen molar-refractivity contribution in [1.82, 2.24) is 9.80 Å². The van der Waals surface area contributed by atoms with Crippen LogP contribution in [0.2, 0.25) is 0 Å². The van der Waals surface area contributed by atoms with Gasteiger partial charge in [0.15, 0.2) is 0 Å². The molecule has 0 aromatic carbocycles. The zero-order chi connectivity index (χ0) is 13.9. The normalized spacial score (nSPS) is 35.0. The number of hydrogen-bond acceptors (Lipinski definition) is 3. The van der Waals surface area contributed by atoms with Crippen molar-refractivity contribution in [3.05, 3.63) is 0 Å². The van der Waals surface area contributed by atoms with Crippen molar-refractivity contribution in [3.63, 3.8) is 0 Å². The molecule has 2 heterocycles. The monoisotopic (exact) mass is 279 g/mol. The van der Waals surface area contributed by atoms with Gasteiger partial charge >= 0.3 is 0 Å². The van der Waals surface area contributed by atoms with Crippen LogP contribution in [0.25, 0.3) is 0 Å². The van der Waals surface area contributed by atoms with E-state index in [1.165, 1.54) is 45.1 Å². The third-order valence-corrected chi connectivity index (χ3v) is 5.70. The number of nitrogens with two attached hydrogens (primary N) is 1. The highest BCUT2D eigenvalue weighted by Crippen LogP contribution is 2.31. The molecule has 1 atom stereocenters. The summed E-state index contributed by atoms with van der Waals surface area (Å²) < 4.78 is 0. The number of carbonyl (C=O) groups excluding carboxylic acids is 1. The van der Waals surface area contributed by atoms with Gasteiger partial charge in [-0.1, -0.05) is 0 Å². The van der Waals surface area contributed by atoms with E-state index in [2.05, 4.69) is 9.80 Å². The fraction of sp³-hybridized carbons (Fsp3) is 0.938. The molecule has 1 amide bonds. The zero-order valence-electron chi connectivity index (χ0n) is 12.6. The van der Waals surface area contributed by atoms with Gasteiger partial charge < -0.3 is 10.6 Å². The summed E-state index contributed by atoms with van der Waals surface area (Å²) >= 11 is 0. The fourth-order valence-corrected chi connectivity index (χ4v) is 4.27. The van der Waals surface area contributed by atoms with E-state index in [4.69, 9.17) is 5.73 Å². The quantitative estimate of drug-likeness (QED) is 0.850. The Balaban J connectivity index is 1.45. The van der Waals surface area contributed by atoms with E-state index in [-0.39, 0.29) is 0 Å². The van der Waals surface area contributed by atoms with E-state index >= 15 is 0 Å². The van der Waals surface area contributed by atoms with E-state index in [0.29, 0.717) is 23.8 Å². The van der Waals surface area contributed by atoms with Gasteiger partial charge in [0.25, 0.3) is 0 Å². The number of nitrogens with zero attached hydrogens (tertiary/aromatic N) is 2. The topological polar surface area (TPSA) is 49.6 Å². The third kappa shape index (κ3) is 3.17. The summed E-state index contributed by atoms with van der Waals surface area (Å²) in [6.45, 7) is 5.10. The first-order valence-corrected chi connectivity index (χ1v) is 8.48. The van der Waals surface area contributed by atoms with E-state index in [1.54, 1.807) is 0 Å². The lowest BCUT2D eigenvalue weighted by atomic mass is 9.80. The molecule has 2 N–H and O–H groups in total. The summed E-state index contributed by atoms with van der Waals surface area (Å²) in [5, 5.41) is 0. The smallest absolute Gasteiger partial charge is 0.222 e. The molecular formula is C16H29N3O. The molecule has 20 heavy (non-hydrogen) atoms. The van der Waals surface area contributed by atoms with Crippen LogP contribution in [0.1, 0.15) is 44.9 Å². The lowest BCUT2D eigenvalue weighted by Crippen LogP contribution is -2.52. The van der Waals surface area contributed by atoms with E-state index in [1.807, 2.05) is 0 Å². The summed E-state index contributed by atoms with van der Waals surface area (Å²) in [6.07, 6.45) is 8.24. The van der Waals surface area contributed by atoms with E-state index in [9.17, 15) is 4.79 Å². The number of carbonyl (C=O) groups is 1. The van der Waals surface area contributed by atoms with Crippen LogP contribution in [0.3, 0.4) is 0 Å². The van der Waals surface area contributed by atoms with Gasteiger partial charge in [0.05, 0.1) is 0 Å². The fourth-order valence-electron chi connectivity index (χ4n) is 4.27. The second-order valence-corrected chi connectivity index (χ2v) is 7.00. The number of rotatable bonds is 3. The lowest BCUT2D eigenvalue weighted by molar-refractivity contribution is -0.135. The summed E-state index contributed by atoms with van der Waals surface area (Å²) in [7, 11) is 0. The number of hydrogen-bond donors (Lipinski definition) is 1. The van der Waals surface area contributed by atoms with Crippen molar-refractivity contribution in [1.29, 1.82) is 0 Å². The number of piperazine rings is 1. The first-order chi connectivity index (χ1) is 9.76. The maximum Gasteiger partial charge on any atom is 0.222 e. The van der Waals surface area contributed by atoms with Crippen molar-refractivity contribution in [2.45, 2.75) is 51.0 Å². The minimum atomic E-state index is 0.410. The Kier molecular flexibility index (Phi) is 4.61. The van der Waals surface area contributed by atoms with Crippen LogP contribution >= 0.6 is 0 Å². The molecule has 114 valence electrons. The van der Waals surface area contributed by atoms with Crippen molar-refractivity contribution in [2.75, 3.05) is 32.7 Å². The average Bonchev–Trinajstić information content (AvgIpc) is 2.95. The molecule has 0 bridgehead atoms. The molecule has 0 radical (unpaired) electrons. The Hall–Kier alpha value is -0.610. The summed E-state index contributed by atoms with van der Waals surface area (Å²) in [6, 6.07) is 0.653. The van der Waals surface area contributed by atoms with Gasteiger partial charge in [-0.25, -0.2) is 0 Å². The summed E-state index contributed by atoms with van der Waals surface area (Å²) in [5.74, 6) is 1.74. The molecule has 2 saturated heterocycles. The van der Waals surface area contributed by atoms with Gasteiger partial charge in [0, 0.05) is 32.1 Å². The minimum absolute atomic E-state index is 0.410. The largest absolute Gasteiger partial charge is 0.340 e. The van der Waals surface area contributed by atoms with Crippen LogP contribution < -0.4 is 5.73 Å². The molecule has 1 saturated carbocycles. The minimum Gasteiger partial charge on any atom is -0.340 e. The molecule has 0 spiro atoms. The predicted molar refractivity (Wildman–Crippen MR) is 80.3 cm³/mol. The van der Waals surface area contributed by atoms with Gasteiger partial charge in [0.2, 0.25) is 5.91 Å². The average molecular weight is 279 g/mol. The SMILES string of the molecule is NCC1CCC(CC(=O)N2CCN3CCCC3C2)CC1.